The van der Waals surface area contributed by atoms with E-state index in [1.165, 1.54) is 5.56 Å². The van der Waals surface area contributed by atoms with E-state index in [1.807, 2.05) is 10.9 Å². The Morgan fingerprint density at radius 2 is 1.86 bits per heavy atom. The molecule has 0 saturated carbocycles. The summed E-state index contributed by atoms with van der Waals surface area (Å²) in [6.45, 7) is 8.99. The van der Waals surface area contributed by atoms with E-state index in [1.54, 1.807) is 7.11 Å². The summed E-state index contributed by atoms with van der Waals surface area (Å²) >= 11 is 0. The van der Waals surface area contributed by atoms with E-state index in [2.05, 4.69) is 61.5 Å². The van der Waals surface area contributed by atoms with Gasteiger partial charge in [-0.1, -0.05) is 32.9 Å². The summed E-state index contributed by atoms with van der Waals surface area (Å²) < 4.78 is 6.95. The molecule has 21 heavy (non-hydrogen) atoms. The van der Waals surface area contributed by atoms with Crippen molar-refractivity contribution in [1.29, 1.82) is 0 Å². The van der Waals surface area contributed by atoms with Crippen molar-refractivity contribution in [2.75, 3.05) is 20.3 Å². The van der Waals surface area contributed by atoms with Crippen LogP contribution in [0.1, 0.15) is 32.0 Å². The maximum absolute atomic E-state index is 5.01. The van der Waals surface area contributed by atoms with Crippen LogP contribution < -0.4 is 5.32 Å². The van der Waals surface area contributed by atoms with E-state index in [-0.39, 0.29) is 5.41 Å². The van der Waals surface area contributed by atoms with Crippen LogP contribution >= 0.6 is 0 Å². The van der Waals surface area contributed by atoms with Crippen molar-refractivity contribution >= 4 is 0 Å². The van der Waals surface area contributed by atoms with E-state index in [4.69, 9.17) is 4.74 Å². The number of nitrogens with one attached hydrogen (secondary N) is 1. The minimum atomic E-state index is 0.0798. The van der Waals surface area contributed by atoms with Gasteiger partial charge in [0.2, 0.25) is 0 Å². The lowest BCUT2D eigenvalue weighted by molar-refractivity contribution is 0.199. The third-order valence-corrected chi connectivity index (χ3v) is 3.37. The molecule has 0 unspecified atom stereocenters. The van der Waals surface area contributed by atoms with Gasteiger partial charge in [-0.3, -0.25) is 0 Å². The second-order valence-electron chi connectivity index (χ2n) is 6.23. The highest BCUT2D eigenvalue weighted by Gasteiger charge is 2.16. The minimum absolute atomic E-state index is 0.0798. The molecule has 1 aromatic carbocycles. The molecule has 0 amide bonds. The molecule has 1 heterocycles. The van der Waals surface area contributed by atoms with Gasteiger partial charge >= 0.3 is 0 Å². The third-order valence-electron chi connectivity index (χ3n) is 3.37. The fraction of sp³-hybridized carbons (Fsp3) is 0.471. The Balaban J connectivity index is 2.00. The summed E-state index contributed by atoms with van der Waals surface area (Å²) in [7, 11) is 1.71. The molecule has 1 N–H and O–H groups in total. The number of hydrogen-bond acceptors (Lipinski definition) is 3. The topological polar surface area (TPSA) is 39.1 Å². The van der Waals surface area contributed by atoms with Crippen molar-refractivity contribution in [3.8, 4) is 5.69 Å². The molecular formula is C17H25N3O. The molecule has 2 rings (SSSR count). The lowest BCUT2D eigenvalue weighted by Gasteiger charge is -2.14. The zero-order chi connectivity index (χ0) is 15.3. The Morgan fingerprint density at radius 1 is 1.14 bits per heavy atom. The van der Waals surface area contributed by atoms with Crippen LogP contribution in [0.3, 0.4) is 0 Å². The molecule has 0 saturated heterocycles. The zero-order valence-corrected chi connectivity index (χ0v) is 13.4. The van der Waals surface area contributed by atoms with Crippen LogP contribution in [0, 0.1) is 0 Å². The summed E-state index contributed by atoms with van der Waals surface area (Å²) in [5.74, 6) is 0. The van der Waals surface area contributed by atoms with Gasteiger partial charge < -0.3 is 10.1 Å². The molecule has 0 spiro atoms. The normalized spacial score (nSPS) is 11.8. The molecule has 114 valence electrons. The average Bonchev–Trinajstić information content (AvgIpc) is 2.94. The lowest BCUT2D eigenvalue weighted by Crippen LogP contribution is -2.18. The van der Waals surface area contributed by atoms with Gasteiger partial charge in [0.15, 0.2) is 0 Å². The fourth-order valence-electron chi connectivity index (χ4n) is 2.04. The van der Waals surface area contributed by atoms with Gasteiger partial charge in [-0.05, 0) is 23.8 Å². The lowest BCUT2D eigenvalue weighted by atomic mass is 9.93. The van der Waals surface area contributed by atoms with Gasteiger partial charge in [-0.15, -0.1) is 0 Å². The van der Waals surface area contributed by atoms with E-state index in [0.717, 1.165) is 31.1 Å². The van der Waals surface area contributed by atoms with Crippen molar-refractivity contribution in [3.05, 3.63) is 47.8 Å². The standard InChI is InChI=1S/C17H25N3O/c1-17(2,3)16-9-11-20(19-16)15-7-5-14(6-8-15)13-18-10-12-21-4/h5-9,11,18H,10,12-13H2,1-4H3. The largest absolute Gasteiger partial charge is 0.383 e. The summed E-state index contributed by atoms with van der Waals surface area (Å²) in [5, 5.41) is 7.99. The van der Waals surface area contributed by atoms with Crippen LogP contribution in [0.5, 0.6) is 0 Å². The Labute approximate surface area is 127 Å². The smallest absolute Gasteiger partial charge is 0.0682 e. The van der Waals surface area contributed by atoms with Gasteiger partial charge in [0.1, 0.15) is 0 Å². The number of aromatic nitrogens is 2. The van der Waals surface area contributed by atoms with Gasteiger partial charge in [0.25, 0.3) is 0 Å². The molecule has 0 radical (unpaired) electrons. The first-order valence-corrected chi connectivity index (χ1v) is 7.36. The second kappa shape index (κ2) is 6.87. The van der Waals surface area contributed by atoms with Crippen LogP contribution in [0.2, 0.25) is 0 Å². The van der Waals surface area contributed by atoms with Gasteiger partial charge in [0.05, 0.1) is 18.0 Å². The molecule has 0 aliphatic rings. The molecule has 0 aliphatic carbocycles. The van der Waals surface area contributed by atoms with Crippen LogP contribution in [-0.4, -0.2) is 30.0 Å². The van der Waals surface area contributed by atoms with Crippen LogP contribution in [0.15, 0.2) is 36.5 Å². The quantitative estimate of drug-likeness (QED) is 0.830. The number of methoxy groups -OCH3 is 1. The fourth-order valence-corrected chi connectivity index (χ4v) is 2.04. The summed E-state index contributed by atoms with van der Waals surface area (Å²) in [4.78, 5) is 0. The first kappa shape index (κ1) is 15.7. The highest BCUT2D eigenvalue weighted by atomic mass is 16.5. The first-order chi connectivity index (χ1) is 10.0. The van der Waals surface area contributed by atoms with Crippen molar-refractivity contribution in [2.24, 2.45) is 0 Å². The van der Waals surface area contributed by atoms with Crippen molar-refractivity contribution in [2.45, 2.75) is 32.7 Å². The van der Waals surface area contributed by atoms with Crippen LogP contribution in [0.4, 0.5) is 0 Å². The van der Waals surface area contributed by atoms with Crippen LogP contribution in [0.25, 0.3) is 5.69 Å². The predicted molar refractivity (Wildman–Crippen MR) is 85.8 cm³/mol. The highest BCUT2D eigenvalue weighted by molar-refractivity contribution is 5.34. The number of hydrogen-bond donors (Lipinski definition) is 1. The predicted octanol–water partition coefficient (Wildman–Crippen LogP) is 2.91. The summed E-state index contributed by atoms with van der Waals surface area (Å²) in [6, 6.07) is 10.6. The Hall–Kier alpha value is -1.65. The second-order valence-corrected chi connectivity index (χ2v) is 6.23. The molecule has 1 aromatic heterocycles. The van der Waals surface area contributed by atoms with Crippen molar-refractivity contribution in [3.63, 3.8) is 0 Å². The van der Waals surface area contributed by atoms with Crippen molar-refractivity contribution in [1.82, 2.24) is 15.1 Å². The molecule has 0 fully saturated rings. The van der Waals surface area contributed by atoms with Gasteiger partial charge in [-0.25, -0.2) is 4.68 Å². The molecule has 2 aromatic rings. The van der Waals surface area contributed by atoms with Crippen LogP contribution in [-0.2, 0) is 16.7 Å². The van der Waals surface area contributed by atoms with E-state index >= 15 is 0 Å². The first-order valence-electron chi connectivity index (χ1n) is 7.36. The number of ether oxygens (including phenoxy) is 1. The molecule has 0 atom stereocenters. The van der Waals surface area contributed by atoms with Crippen molar-refractivity contribution < 1.29 is 4.74 Å². The Morgan fingerprint density at radius 3 is 2.43 bits per heavy atom. The van der Waals surface area contributed by atoms with E-state index in [0.29, 0.717) is 0 Å². The molecule has 4 heteroatoms. The Kier molecular flexibility index (Phi) is 5.15. The van der Waals surface area contributed by atoms with E-state index < -0.39 is 0 Å². The summed E-state index contributed by atoms with van der Waals surface area (Å²) in [5.41, 5.74) is 3.54. The zero-order valence-electron chi connectivity index (χ0n) is 13.4. The summed E-state index contributed by atoms with van der Waals surface area (Å²) in [6.07, 6.45) is 2.02. The maximum atomic E-state index is 5.01. The SMILES string of the molecule is COCCNCc1ccc(-n2ccc(C(C)(C)C)n2)cc1. The number of rotatable bonds is 6. The van der Waals surface area contributed by atoms with Gasteiger partial charge in [-0.2, -0.15) is 5.10 Å². The molecule has 4 nitrogen and oxygen atoms in total. The highest BCUT2D eigenvalue weighted by Crippen LogP contribution is 2.21. The molecule has 0 bridgehead atoms. The maximum Gasteiger partial charge on any atom is 0.0682 e. The average molecular weight is 287 g/mol. The Bertz CT molecular complexity index is 552. The third kappa shape index (κ3) is 4.41. The number of benzene rings is 1. The van der Waals surface area contributed by atoms with E-state index in [9.17, 15) is 0 Å². The number of nitrogens with zero attached hydrogens (tertiary/aromatic N) is 2. The van der Waals surface area contributed by atoms with Gasteiger partial charge in [0, 0.05) is 31.8 Å². The monoisotopic (exact) mass is 287 g/mol. The minimum Gasteiger partial charge on any atom is -0.383 e. The molecular weight excluding hydrogens is 262 g/mol. The molecule has 0 aliphatic heterocycles.